The zero-order chi connectivity index (χ0) is 12.0. The molecule has 0 aromatic carbocycles. The van der Waals surface area contributed by atoms with E-state index in [0.29, 0.717) is 0 Å². The van der Waals surface area contributed by atoms with Gasteiger partial charge in [-0.3, -0.25) is 4.79 Å². The standard InChI is InChI=1S/C10H19N3O.C2H6/c11-10(14)9-1-3-13(4-2-9)7-8-5-12-6-8;1-2/h8-9,12H,1-7H2,(H2,11,14);1-2H3. The van der Waals surface area contributed by atoms with Crippen LogP contribution in [0.3, 0.4) is 0 Å². The summed E-state index contributed by atoms with van der Waals surface area (Å²) < 4.78 is 0. The van der Waals surface area contributed by atoms with Gasteiger partial charge in [0.25, 0.3) is 0 Å². The molecular weight excluding hydrogens is 202 g/mol. The number of carbonyl (C=O) groups is 1. The van der Waals surface area contributed by atoms with Crippen molar-refractivity contribution in [2.45, 2.75) is 26.7 Å². The van der Waals surface area contributed by atoms with E-state index < -0.39 is 0 Å². The van der Waals surface area contributed by atoms with Crippen LogP contribution in [0, 0.1) is 11.8 Å². The van der Waals surface area contributed by atoms with Crippen molar-refractivity contribution in [1.82, 2.24) is 10.2 Å². The summed E-state index contributed by atoms with van der Waals surface area (Å²) in [6, 6.07) is 0. The van der Waals surface area contributed by atoms with Gasteiger partial charge in [-0.1, -0.05) is 13.8 Å². The highest BCUT2D eigenvalue weighted by Gasteiger charge is 2.26. The van der Waals surface area contributed by atoms with Crippen molar-refractivity contribution in [3.05, 3.63) is 0 Å². The summed E-state index contributed by atoms with van der Waals surface area (Å²) in [7, 11) is 0. The molecule has 0 saturated carbocycles. The van der Waals surface area contributed by atoms with Crippen LogP contribution in [0.4, 0.5) is 0 Å². The predicted molar refractivity (Wildman–Crippen MR) is 66.1 cm³/mol. The number of carbonyl (C=O) groups excluding carboxylic acids is 1. The van der Waals surface area contributed by atoms with Crippen molar-refractivity contribution in [2.24, 2.45) is 17.6 Å². The molecule has 94 valence electrons. The van der Waals surface area contributed by atoms with E-state index in [1.54, 1.807) is 0 Å². The SMILES string of the molecule is CC.NC(=O)C1CCN(CC2CNC2)CC1. The highest BCUT2D eigenvalue weighted by Crippen LogP contribution is 2.18. The van der Waals surface area contributed by atoms with Crippen molar-refractivity contribution in [3.63, 3.8) is 0 Å². The van der Waals surface area contributed by atoms with E-state index >= 15 is 0 Å². The fourth-order valence-corrected chi connectivity index (χ4v) is 2.24. The van der Waals surface area contributed by atoms with Gasteiger partial charge in [-0.25, -0.2) is 0 Å². The predicted octanol–water partition coefficient (Wildman–Crippen LogP) is 0.429. The summed E-state index contributed by atoms with van der Waals surface area (Å²) in [6.45, 7) is 9.61. The second kappa shape index (κ2) is 6.86. The molecule has 0 unspecified atom stereocenters. The van der Waals surface area contributed by atoms with Gasteiger partial charge < -0.3 is 16.0 Å². The first-order chi connectivity index (χ1) is 7.75. The monoisotopic (exact) mass is 227 g/mol. The molecule has 0 aliphatic carbocycles. The Bertz CT molecular complexity index is 208. The lowest BCUT2D eigenvalue weighted by molar-refractivity contribution is -0.123. The fraction of sp³-hybridized carbons (Fsp3) is 0.917. The molecule has 0 radical (unpaired) electrons. The first-order valence-electron chi connectivity index (χ1n) is 6.48. The molecule has 4 heteroatoms. The molecule has 2 rings (SSSR count). The highest BCUT2D eigenvalue weighted by atomic mass is 16.1. The van der Waals surface area contributed by atoms with Crippen LogP contribution in [-0.4, -0.2) is 43.5 Å². The summed E-state index contributed by atoms with van der Waals surface area (Å²) in [5.41, 5.74) is 5.28. The van der Waals surface area contributed by atoms with Crippen LogP contribution in [0.2, 0.25) is 0 Å². The van der Waals surface area contributed by atoms with Crippen LogP contribution in [0.25, 0.3) is 0 Å². The maximum Gasteiger partial charge on any atom is 0.220 e. The quantitative estimate of drug-likeness (QED) is 0.735. The van der Waals surface area contributed by atoms with E-state index in [-0.39, 0.29) is 11.8 Å². The second-order valence-corrected chi connectivity index (χ2v) is 4.50. The highest BCUT2D eigenvalue weighted by molar-refractivity contribution is 5.76. The normalized spacial score (nSPS) is 23.1. The third-order valence-corrected chi connectivity index (χ3v) is 3.37. The number of likely N-dealkylation sites (tertiary alicyclic amines) is 1. The number of hydrogen-bond donors (Lipinski definition) is 2. The van der Waals surface area contributed by atoms with E-state index in [1.807, 2.05) is 13.8 Å². The van der Waals surface area contributed by atoms with E-state index in [4.69, 9.17) is 5.73 Å². The summed E-state index contributed by atoms with van der Waals surface area (Å²) in [5.74, 6) is 0.848. The van der Waals surface area contributed by atoms with Crippen LogP contribution in [0.15, 0.2) is 0 Å². The minimum atomic E-state index is -0.116. The Morgan fingerprint density at radius 3 is 2.25 bits per heavy atom. The molecule has 0 atom stereocenters. The van der Waals surface area contributed by atoms with Crippen molar-refractivity contribution < 1.29 is 4.79 Å². The van der Waals surface area contributed by atoms with Gasteiger partial charge in [-0.05, 0) is 31.8 Å². The maximum absolute atomic E-state index is 10.9. The molecule has 4 nitrogen and oxygen atoms in total. The molecule has 2 aliphatic heterocycles. The van der Waals surface area contributed by atoms with Crippen molar-refractivity contribution >= 4 is 5.91 Å². The number of amides is 1. The van der Waals surface area contributed by atoms with Crippen LogP contribution in [0.1, 0.15) is 26.7 Å². The van der Waals surface area contributed by atoms with Crippen molar-refractivity contribution in [2.75, 3.05) is 32.7 Å². The molecule has 0 bridgehead atoms. The Labute approximate surface area is 98.6 Å². The van der Waals surface area contributed by atoms with E-state index in [1.165, 1.54) is 6.54 Å². The minimum Gasteiger partial charge on any atom is -0.369 e. The lowest BCUT2D eigenvalue weighted by atomic mass is 9.94. The van der Waals surface area contributed by atoms with E-state index in [2.05, 4.69) is 10.2 Å². The number of hydrogen-bond acceptors (Lipinski definition) is 3. The number of piperidine rings is 1. The minimum absolute atomic E-state index is 0.116. The molecule has 16 heavy (non-hydrogen) atoms. The molecule has 2 heterocycles. The lowest BCUT2D eigenvalue weighted by Gasteiger charge is -2.36. The van der Waals surface area contributed by atoms with E-state index in [9.17, 15) is 4.79 Å². The molecule has 0 aromatic rings. The molecule has 0 aromatic heterocycles. The van der Waals surface area contributed by atoms with Gasteiger partial charge >= 0.3 is 0 Å². The molecular formula is C12H25N3O. The van der Waals surface area contributed by atoms with Gasteiger partial charge in [0.1, 0.15) is 0 Å². The Kier molecular flexibility index (Phi) is 5.77. The molecule has 1 amide bonds. The van der Waals surface area contributed by atoms with Gasteiger partial charge in [0, 0.05) is 25.6 Å². The number of nitrogens with zero attached hydrogens (tertiary/aromatic N) is 1. The Hall–Kier alpha value is -0.610. The molecule has 2 aliphatic rings. The molecule has 2 fully saturated rings. The van der Waals surface area contributed by atoms with Crippen LogP contribution < -0.4 is 11.1 Å². The summed E-state index contributed by atoms with van der Waals surface area (Å²) in [6.07, 6.45) is 1.91. The molecule has 0 spiro atoms. The number of nitrogens with two attached hydrogens (primary N) is 1. The smallest absolute Gasteiger partial charge is 0.220 e. The Balaban J connectivity index is 0.000000606. The van der Waals surface area contributed by atoms with E-state index in [0.717, 1.165) is 44.9 Å². The van der Waals surface area contributed by atoms with Crippen molar-refractivity contribution in [3.8, 4) is 0 Å². The zero-order valence-electron chi connectivity index (χ0n) is 10.5. The Morgan fingerprint density at radius 1 is 1.31 bits per heavy atom. The maximum atomic E-state index is 10.9. The average molecular weight is 227 g/mol. The van der Waals surface area contributed by atoms with Gasteiger partial charge in [-0.15, -0.1) is 0 Å². The van der Waals surface area contributed by atoms with Crippen molar-refractivity contribution in [1.29, 1.82) is 0 Å². The largest absolute Gasteiger partial charge is 0.369 e. The van der Waals surface area contributed by atoms with Gasteiger partial charge in [0.05, 0.1) is 0 Å². The van der Waals surface area contributed by atoms with Gasteiger partial charge in [-0.2, -0.15) is 0 Å². The topological polar surface area (TPSA) is 58.4 Å². The molecule has 3 N–H and O–H groups in total. The van der Waals surface area contributed by atoms with Gasteiger partial charge in [0.15, 0.2) is 0 Å². The fourth-order valence-electron chi connectivity index (χ4n) is 2.24. The number of nitrogens with one attached hydrogen (secondary N) is 1. The first-order valence-corrected chi connectivity index (χ1v) is 6.48. The second-order valence-electron chi connectivity index (χ2n) is 4.50. The Morgan fingerprint density at radius 2 is 1.88 bits per heavy atom. The lowest BCUT2D eigenvalue weighted by Crippen LogP contribution is -2.50. The number of primary amides is 1. The zero-order valence-corrected chi connectivity index (χ0v) is 10.5. The summed E-state index contributed by atoms with van der Waals surface area (Å²) >= 11 is 0. The van der Waals surface area contributed by atoms with Crippen LogP contribution in [0.5, 0.6) is 0 Å². The molecule has 2 saturated heterocycles. The third-order valence-electron chi connectivity index (χ3n) is 3.37. The number of rotatable bonds is 3. The van der Waals surface area contributed by atoms with Gasteiger partial charge in [0.2, 0.25) is 5.91 Å². The van der Waals surface area contributed by atoms with Crippen LogP contribution in [-0.2, 0) is 4.79 Å². The average Bonchev–Trinajstić information content (AvgIpc) is 2.27. The summed E-state index contributed by atoms with van der Waals surface area (Å²) in [4.78, 5) is 13.4. The summed E-state index contributed by atoms with van der Waals surface area (Å²) in [5, 5.41) is 3.28. The van der Waals surface area contributed by atoms with Crippen LogP contribution >= 0.6 is 0 Å². The first kappa shape index (κ1) is 13.5. The third kappa shape index (κ3) is 3.76.